The van der Waals surface area contributed by atoms with Crippen molar-refractivity contribution in [3.63, 3.8) is 0 Å². The molecule has 0 N–H and O–H groups in total. The van der Waals surface area contributed by atoms with Gasteiger partial charge >= 0.3 is 0 Å². The number of methoxy groups -OCH3 is 1. The zero-order chi connectivity index (χ0) is 22.4. The molecule has 1 saturated carbocycles. The Balaban J connectivity index is 1.47. The Morgan fingerprint density at radius 2 is 2.00 bits per heavy atom. The predicted molar refractivity (Wildman–Crippen MR) is 111 cm³/mol. The molecule has 3 aromatic rings. The number of carbonyl (C=O) groups is 1. The molecule has 0 spiro atoms. The second-order valence-electron chi connectivity index (χ2n) is 8.60. The van der Waals surface area contributed by atoms with Gasteiger partial charge in [0.2, 0.25) is 5.88 Å². The van der Waals surface area contributed by atoms with Crippen LogP contribution in [0, 0.1) is 5.92 Å². The number of aromatic nitrogens is 5. The van der Waals surface area contributed by atoms with Gasteiger partial charge in [0.05, 0.1) is 12.8 Å². The van der Waals surface area contributed by atoms with E-state index in [9.17, 15) is 13.6 Å². The molecule has 8 nitrogen and oxygen atoms in total. The highest BCUT2D eigenvalue weighted by Gasteiger charge is 2.34. The lowest BCUT2D eigenvalue weighted by molar-refractivity contribution is 0.0664. The second-order valence-corrected chi connectivity index (χ2v) is 8.60. The third-order valence-electron chi connectivity index (χ3n) is 6.42. The number of fused-ring (bicyclic) bond motifs is 1. The molecule has 1 aliphatic carbocycles. The number of piperidine rings is 1. The summed E-state index contributed by atoms with van der Waals surface area (Å²) < 4.78 is 33.7. The fourth-order valence-electron chi connectivity index (χ4n) is 4.39. The molecule has 5 rings (SSSR count). The molecule has 2 atom stereocenters. The van der Waals surface area contributed by atoms with Crippen molar-refractivity contribution in [2.75, 3.05) is 20.2 Å². The van der Waals surface area contributed by atoms with Crippen molar-refractivity contribution >= 4 is 11.7 Å². The van der Waals surface area contributed by atoms with Gasteiger partial charge in [0.1, 0.15) is 12.0 Å². The molecule has 2 aliphatic rings. The maximum absolute atomic E-state index is 13.4. The standard InChI is InChI=1S/C22H24F2N6O2/c1-12-5-6-29(21(31)14-7-16(13-3-4-13)27-19(8-14)32-2)10-15(12)18-9-17(20(23)24)28-22-25-11-26-30(18)22/h7-9,11-13,15,20H,3-6,10H2,1-2H3/t12-,15-/m1/s1. The average Bonchev–Trinajstić information content (AvgIpc) is 3.55. The van der Waals surface area contributed by atoms with Crippen molar-refractivity contribution in [2.45, 2.75) is 44.4 Å². The summed E-state index contributed by atoms with van der Waals surface area (Å²) in [5.74, 6) is 0.844. The van der Waals surface area contributed by atoms with E-state index < -0.39 is 6.43 Å². The van der Waals surface area contributed by atoms with Gasteiger partial charge in [-0.2, -0.15) is 10.1 Å². The fraction of sp³-hybridized carbons (Fsp3) is 0.500. The van der Waals surface area contributed by atoms with Gasteiger partial charge in [-0.25, -0.2) is 23.3 Å². The molecule has 1 amide bonds. The topological polar surface area (TPSA) is 85.5 Å². The van der Waals surface area contributed by atoms with Crippen LogP contribution in [0.25, 0.3) is 5.78 Å². The van der Waals surface area contributed by atoms with Gasteiger partial charge in [0.25, 0.3) is 18.1 Å². The molecule has 0 aromatic carbocycles. The van der Waals surface area contributed by atoms with Crippen LogP contribution in [0.4, 0.5) is 8.78 Å². The van der Waals surface area contributed by atoms with E-state index in [0.29, 0.717) is 36.1 Å². The van der Waals surface area contributed by atoms with Crippen LogP contribution in [0.3, 0.4) is 0 Å². The Kier molecular flexibility index (Phi) is 5.22. The quantitative estimate of drug-likeness (QED) is 0.600. The Hall–Kier alpha value is -3.17. The first kappa shape index (κ1) is 20.7. The van der Waals surface area contributed by atoms with E-state index in [2.05, 4.69) is 27.0 Å². The summed E-state index contributed by atoms with van der Waals surface area (Å²) in [5, 5.41) is 4.19. The Bertz CT molecular complexity index is 1160. The predicted octanol–water partition coefficient (Wildman–Crippen LogP) is 3.61. The number of ether oxygens (including phenoxy) is 1. The molecule has 0 unspecified atom stereocenters. The molecule has 32 heavy (non-hydrogen) atoms. The smallest absolute Gasteiger partial charge is 0.280 e. The van der Waals surface area contributed by atoms with Gasteiger partial charge in [-0.3, -0.25) is 4.79 Å². The normalized spacial score (nSPS) is 21.3. The highest BCUT2D eigenvalue weighted by Crippen LogP contribution is 2.40. The third-order valence-corrected chi connectivity index (χ3v) is 6.42. The van der Waals surface area contributed by atoms with Crippen LogP contribution in [-0.4, -0.2) is 55.6 Å². The van der Waals surface area contributed by atoms with Crippen LogP contribution < -0.4 is 4.74 Å². The van der Waals surface area contributed by atoms with Gasteiger partial charge in [-0.15, -0.1) is 0 Å². The molecular weight excluding hydrogens is 418 g/mol. The molecule has 168 valence electrons. The van der Waals surface area contributed by atoms with Crippen LogP contribution in [0.5, 0.6) is 5.88 Å². The molecule has 4 heterocycles. The molecule has 3 aromatic heterocycles. The number of likely N-dealkylation sites (tertiary alicyclic amines) is 1. The number of halogens is 2. The molecule has 0 radical (unpaired) electrons. The van der Waals surface area contributed by atoms with Crippen LogP contribution in [0.1, 0.15) is 71.9 Å². The van der Waals surface area contributed by atoms with E-state index in [4.69, 9.17) is 4.74 Å². The maximum Gasteiger partial charge on any atom is 0.280 e. The van der Waals surface area contributed by atoms with Gasteiger partial charge in [0, 0.05) is 42.2 Å². The Morgan fingerprint density at radius 1 is 1.19 bits per heavy atom. The van der Waals surface area contributed by atoms with E-state index in [1.54, 1.807) is 18.1 Å². The number of rotatable bonds is 5. The fourth-order valence-corrected chi connectivity index (χ4v) is 4.39. The zero-order valence-electron chi connectivity index (χ0n) is 17.9. The van der Waals surface area contributed by atoms with E-state index in [1.165, 1.54) is 16.9 Å². The molecular formula is C22H24F2N6O2. The zero-order valence-corrected chi connectivity index (χ0v) is 17.9. The first-order valence-electron chi connectivity index (χ1n) is 10.8. The van der Waals surface area contributed by atoms with Crippen molar-refractivity contribution < 1.29 is 18.3 Å². The molecule has 1 aliphatic heterocycles. The summed E-state index contributed by atoms with van der Waals surface area (Å²) in [5.41, 5.74) is 1.69. The number of amides is 1. The SMILES string of the molecule is COc1cc(C(=O)N2CC[C@@H](C)[C@H](c3cc(C(F)F)nc4ncnn34)C2)cc(C2CC2)n1. The lowest BCUT2D eigenvalue weighted by Gasteiger charge is -2.37. The van der Waals surface area contributed by atoms with Crippen molar-refractivity contribution in [3.8, 4) is 5.88 Å². The maximum atomic E-state index is 13.4. The van der Waals surface area contributed by atoms with Gasteiger partial charge in [-0.1, -0.05) is 6.92 Å². The largest absolute Gasteiger partial charge is 0.481 e. The van der Waals surface area contributed by atoms with E-state index in [1.807, 2.05) is 6.07 Å². The van der Waals surface area contributed by atoms with Crippen molar-refractivity contribution in [1.82, 2.24) is 29.5 Å². The molecule has 2 fully saturated rings. The summed E-state index contributed by atoms with van der Waals surface area (Å²) in [6.07, 6.45) is 1.48. The van der Waals surface area contributed by atoms with Crippen molar-refractivity contribution in [3.05, 3.63) is 47.2 Å². The van der Waals surface area contributed by atoms with Gasteiger partial charge in [0.15, 0.2) is 0 Å². The lowest BCUT2D eigenvalue weighted by atomic mass is 9.84. The van der Waals surface area contributed by atoms with E-state index >= 15 is 0 Å². The minimum absolute atomic E-state index is 0.109. The van der Waals surface area contributed by atoms with Crippen LogP contribution in [0.15, 0.2) is 24.5 Å². The Morgan fingerprint density at radius 3 is 2.72 bits per heavy atom. The summed E-state index contributed by atoms with van der Waals surface area (Å²) in [4.78, 5) is 27.6. The molecule has 10 heteroatoms. The first-order valence-corrected chi connectivity index (χ1v) is 10.8. The summed E-state index contributed by atoms with van der Waals surface area (Å²) in [6.45, 7) is 3.05. The summed E-state index contributed by atoms with van der Waals surface area (Å²) in [7, 11) is 1.54. The van der Waals surface area contributed by atoms with Crippen LogP contribution in [0.2, 0.25) is 0 Å². The van der Waals surface area contributed by atoms with Gasteiger partial charge in [-0.05, 0) is 37.3 Å². The molecule has 0 bridgehead atoms. The van der Waals surface area contributed by atoms with Crippen LogP contribution >= 0.6 is 0 Å². The van der Waals surface area contributed by atoms with Crippen molar-refractivity contribution in [2.24, 2.45) is 5.92 Å². The lowest BCUT2D eigenvalue weighted by Crippen LogP contribution is -2.42. The monoisotopic (exact) mass is 442 g/mol. The highest BCUT2D eigenvalue weighted by atomic mass is 19.3. The number of hydrogen-bond donors (Lipinski definition) is 0. The number of hydrogen-bond acceptors (Lipinski definition) is 6. The summed E-state index contributed by atoms with van der Waals surface area (Å²) >= 11 is 0. The average molecular weight is 442 g/mol. The van der Waals surface area contributed by atoms with Gasteiger partial charge < -0.3 is 9.64 Å². The number of alkyl halides is 2. The first-order chi connectivity index (χ1) is 15.4. The second kappa shape index (κ2) is 8.07. The van der Waals surface area contributed by atoms with E-state index in [0.717, 1.165) is 25.0 Å². The summed E-state index contributed by atoms with van der Waals surface area (Å²) in [6, 6.07) is 4.91. The highest BCUT2D eigenvalue weighted by molar-refractivity contribution is 5.94. The van der Waals surface area contributed by atoms with Crippen LogP contribution in [-0.2, 0) is 0 Å². The minimum Gasteiger partial charge on any atom is -0.481 e. The minimum atomic E-state index is -2.71. The Labute approximate surface area is 183 Å². The molecule has 1 saturated heterocycles. The number of carbonyl (C=O) groups excluding carboxylic acids is 1. The number of nitrogens with zero attached hydrogens (tertiary/aromatic N) is 6. The van der Waals surface area contributed by atoms with E-state index in [-0.39, 0.29) is 29.2 Å². The number of pyridine rings is 1. The van der Waals surface area contributed by atoms with Crippen molar-refractivity contribution in [1.29, 1.82) is 0 Å². The third kappa shape index (κ3) is 3.78.